The van der Waals surface area contributed by atoms with Gasteiger partial charge in [-0.05, 0) is 55.8 Å². The lowest BCUT2D eigenvalue weighted by Crippen LogP contribution is -2.42. The average Bonchev–Trinajstić information content (AvgIpc) is 3.31. The van der Waals surface area contributed by atoms with Crippen molar-refractivity contribution in [3.63, 3.8) is 0 Å². The minimum absolute atomic E-state index is 0.0132. The summed E-state index contributed by atoms with van der Waals surface area (Å²) in [6, 6.07) is 17.7. The largest absolute Gasteiger partial charge is 0.457 e. The first kappa shape index (κ1) is 22.0. The molecule has 2 saturated heterocycles. The van der Waals surface area contributed by atoms with Crippen LogP contribution in [0.4, 0.5) is 5.82 Å². The predicted octanol–water partition coefficient (Wildman–Crippen LogP) is 4.39. The molecular weight excluding hydrogens is 442 g/mol. The van der Waals surface area contributed by atoms with Gasteiger partial charge in [0.05, 0.1) is 24.6 Å². The summed E-state index contributed by atoms with van der Waals surface area (Å²) in [6.45, 7) is 3.19. The second kappa shape index (κ2) is 9.65. The van der Waals surface area contributed by atoms with E-state index in [0.717, 1.165) is 59.6 Å². The van der Waals surface area contributed by atoms with Gasteiger partial charge in [-0.2, -0.15) is 0 Å². The fourth-order valence-electron chi connectivity index (χ4n) is 4.99. The third-order valence-corrected chi connectivity index (χ3v) is 6.85. The molecule has 2 aromatic carbocycles. The zero-order chi connectivity index (χ0) is 23.6. The average molecular weight is 472 g/mol. The Morgan fingerprint density at radius 1 is 0.914 bits per heavy atom. The first-order valence-electron chi connectivity index (χ1n) is 12.1. The molecule has 0 aliphatic carbocycles. The van der Waals surface area contributed by atoms with Gasteiger partial charge in [0.25, 0.3) is 0 Å². The van der Waals surface area contributed by atoms with E-state index in [1.165, 1.54) is 6.33 Å². The molecule has 0 unspecified atom stereocenters. The van der Waals surface area contributed by atoms with Crippen molar-refractivity contribution in [2.45, 2.75) is 25.2 Å². The Morgan fingerprint density at radius 3 is 2.37 bits per heavy atom. The van der Waals surface area contributed by atoms with Crippen molar-refractivity contribution in [2.24, 2.45) is 5.92 Å². The number of hydrogen-bond donors (Lipinski definition) is 2. The molecule has 35 heavy (non-hydrogen) atoms. The fourth-order valence-corrected chi connectivity index (χ4v) is 4.99. The maximum atomic E-state index is 6.33. The number of nitrogens with one attached hydrogen (secondary N) is 1. The Kier molecular flexibility index (Phi) is 6.08. The SMILES string of the molecule is Nc1ncnc2c1c(-c1ccc(Oc3ccccc3)cc1)cn2[C@H]1CO[C@H](C2CCNCC2)OC1. The van der Waals surface area contributed by atoms with Gasteiger partial charge in [-0.1, -0.05) is 30.3 Å². The lowest BCUT2D eigenvalue weighted by Gasteiger charge is -2.36. The summed E-state index contributed by atoms with van der Waals surface area (Å²) in [5, 5.41) is 4.24. The fraction of sp³-hybridized carbons (Fsp3) is 0.333. The summed E-state index contributed by atoms with van der Waals surface area (Å²) in [4.78, 5) is 8.83. The molecule has 4 aromatic rings. The highest BCUT2D eigenvalue weighted by Gasteiger charge is 2.32. The number of nitrogens with zero attached hydrogens (tertiary/aromatic N) is 3. The van der Waals surface area contributed by atoms with E-state index >= 15 is 0 Å². The third kappa shape index (κ3) is 4.48. The Bertz CT molecular complexity index is 1280. The van der Waals surface area contributed by atoms with Crippen molar-refractivity contribution in [1.29, 1.82) is 0 Å². The summed E-state index contributed by atoms with van der Waals surface area (Å²) in [7, 11) is 0. The topological polar surface area (TPSA) is 96.5 Å². The highest BCUT2D eigenvalue weighted by atomic mass is 16.7. The van der Waals surface area contributed by atoms with Crippen molar-refractivity contribution >= 4 is 16.9 Å². The molecule has 8 heteroatoms. The van der Waals surface area contributed by atoms with E-state index in [9.17, 15) is 0 Å². The number of fused-ring (bicyclic) bond motifs is 1. The van der Waals surface area contributed by atoms with Crippen LogP contribution in [0.25, 0.3) is 22.2 Å². The van der Waals surface area contributed by atoms with Gasteiger partial charge in [0.1, 0.15) is 29.3 Å². The van der Waals surface area contributed by atoms with Gasteiger partial charge in [0, 0.05) is 17.7 Å². The smallest absolute Gasteiger partial charge is 0.160 e. The van der Waals surface area contributed by atoms with Crippen LogP contribution in [0.2, 0.25) is 0 Å². The van der Waals surface area contributed by atoms with Gasteiger partial charge < -0.3 is 29.8 Å². The molecule has 8 nitrogen and oxygen atoms in total. The van der Waals surface area contributed by atoms with Gasteiger partial charge in [0.2, 0.25) is 0 Å². The molecule has 0 spiro atoms. The van der Waals surface area contributed by atoms with Crippen molar-refractivity contribution in [2.75, 3.05) is 32.0 Å². The molecule has 3 N–H and O–H groups in total. The van der Waals surface area contributed by atoms with Crippen LogP contribution in [0.15, 0.2) is 67.1 Å². The van der Waals surface area contributed by atoms with Gasteiger partial charge in [-0.15, -0.1) is 0 Å². The Balaban J connectivity index is 1.26. The van der Waals surface area contributed by atoms with Crippen LogP contribution >= 0.6 is 0 Å². The highest BCUT2D eigenvalue weighted by Crippen LogP contribution is 2.36. The first-order chi connectivity index (χ1) is 17.3. The molecule has 0 saturated carbocycles. The van der Waals surface area contributed by atoms with E-state index < -0.39 is 0 Å². The molecule has 2 fully saturated rings. The predicted molar refractivity (Wildman–Crippen MR) is 134 cm³/mol. The molecule has 2 aliphatic heterocycles. The second-order valence-electron chi connectivity index (χ2n) is 9.12. The lowest BCUT2D eigenvalue weighted by atomic mass is 9.97. The number of nitrogen functional groups attached to an aromatic ring is 1. The van der Waals surface area contributed by atoms with E-state index in [4.69, 9.17) is 19.9 Å². The number of piperidine rings is 1. The standard InChI is InChI=1S/C27H29N5O3/c28-25-24-23(18-6-8-22(9-7-18)35-21-4-2-1-3-5-21)14-32(26(24)31-17-30-25)20-15-33-27(34-16-20)19-10-12-29-13-11-19/h1-9,14,17,19-20,27,29H,10-13,15-16H2,(H2,28,30,31)/t20-,27-. The number of ether oxygens (including phenoxy) is 3. The number of anilines is 1. The summed E-state index contributed by atoms with van der Waals surface area (Å²) in [5.41, 5.74) is 9.11. The molecular formula is C27H29N5O3. The highest BCUT2D eigenvalue weighted by molar-refractivity contribution is 6.00. The zero-order valence-corrected chi connectivity index (χ0v) is 19.5. The monoisotopic (exact) mass is 471 g/mol. The maximum absolute atomic E-state index is 6.33. The van der Waals surface area contributed by atoms with Crippen molar-refractivity contribution in [3.05, 3.63) is 67.1 Å². The summed E-state index contributed by atoms with van der Waals surface area (Å²) in [5.74, 6) is 2.47. The molecule has 0 bridgehead atoms. The van der Waals surface area contributed by atoms with E-state index in [-0.39, 0.29) is 12.3 Å². The second-order valence-corrected chi connectivity index (χ2v) is 9.12. The Morgan fingerprint density at radius 2 is 1.63 bits per heavy atom. The first-order valence-corrected chi connectivity index (χ1v) is 12.1. The zero-order valence-electron chi connectivity index (χ0n) is 19.5. The van der Waals surface area contributed by atoms with Crippen molar-refractivity contribution in [1.82, 2.24) is 19.9 Å². The van der Waals surface area contributed by atoms with Crippen LogP contribution in [0.1, 0.15) is 18.9 Å². The number of aromatic nitrogens is 3. The van der Waals surface area contributed by atoms with Crippen molar-refractivity contribution in [3.8, 4) is 22.6 Å². The lowest BCUT2D eigenvalue weighted by molar-refractivity contribution is -0.223. The van der Waals surface area contributed by atoms with Gasteiger partial charge >= 0.3 is 0 Å². The quantitative estimate of drug-likeness (QED) is 0.446. The molecule has 2 aromatic heterocycles. The molecule has 6 rings (SSSR count). The van der Waals surface area contributed by atoms with Crippen molar-refractivity contribution < 1.29 is 14.2 Å². The number of hydrogen-bond acceptors (Lipinski definition) is 7. The van der Waals surface area contributed by atoms with Crippen LogP contribution in [-0.2, 0) is 9.47 Å². The summed E-state index contributed by atoms with van der Waals surface area (Å²) >= 11 is 0. The van der Waals surface area contributed by atoms with E-state index in [0.29, 0.717) is 24.9 Å². The van der Waals surface area contributed by atoms with Gasteiger partial charge in [0.15, 0.2) is 6.29 Å². The van der Waals surface area contributed by atoms with Crippen LogP contribution in [-0.4, -0.2) is 47.1 Å². The van der Waals surface area contributed by atoms with E-state index in [2.05, 4.69) is 26.0 Å². The summed E-state index contributed by atoms with van der Waals surface area (Å²) < 4.78 is 20.4. The Labute approximate surface area is 204 Å². The Hall–Kier alpha value is -3.46. The molecule has 0 atom stereocenters. The minimum atomic E-state index is -0.133. The molecule has 180 valence electrons. The van der Waals surface area contributed by atoms with Crippen LogP contribution in [0, 0.1) is 5.92 Å². The minimum Gasteiger partial charge on any atom is -0.457 e. The molecule has 0 radical (unpaired) electrons. The maximum Gasteiger partial charge on any atom is 0.160 e. The van der Waals surface area contributed by atoms with Crippen LogP contribution < -0.4 is 15.8 Å². The normalized spacial score (nSPS) is 21.3. The summed E-state index contributed by atoms with van der Waals surface area (Å²) in [6.07, 6.45) is 5.63. The number of nitrogens with two attached hydrogens (primary N) is 1. The molecule has 4 heterocycles. The van der Waals surface area contributed by atoms with E-state index in [1.54, 1.807) is 0 Å². The van der Waals surface area contributed by atoms with Crippen LogP contribution in [0.5, 0.6) is 11.5 Å². The van der Waals surface area contributed by atoms with Gasteiger partial charge in [-0.25, -0.2) is 9.97 Å². The molecule has 0 amide bonds. The van der Waals surface area contributed by atoms with Crippen LogP contribution in [0.3, 0.4) is 0 Å². The number of para-hydroxylation sites is 1. The van der Waals surface area contributed by atoms with E-state index in [1.807, 2.05) is 54.6 Å². The molecule has 2 aliphatic rings. The van der Waals surface area contributed by atoms with Gasteiger partial charge in [-0.3, -0.25) is 0 Å². The number of benzene rings is 2. The number of rotatable bonds is 5. The third-order valence-electron chi connectivity index (χ3n) is 6.85.